The van der Waals surface area contributed by atoms with E-state index in [1.54, 1.807) is 0 Å². The Bertz CT molecular complexity index is 881. The molecule has 1 fully saturated rings. The summed E-state index contributed by atoms with van der Waals surface area (Å²) in [6.45, 7) is 6.20. The number of fused-ring (bicyclic) bond motifs is 1. The fourth-order valence-electron chi connectivity index (χ4n) is 4.21. The number of carbonyl (C=O) groups excluding carboxylic acids is 1. The largest absolute Gasteiger partial charge is 0.395 e. The zero-order valence-corrected chi connectivity index (χ0v) is 16.8. The van der Waals surface area contributed by atoms with Crippen molar-refractivity contribution in [3.8, 4) is 0 Å². The number of hydrogen-bond donors (Lipinski definition) is 1. The van der Waals surface area contributed by atoms with Gasteiger partial charge in [-0.25, -0.2) is 9.97 Å². The lowest BCUT2D eigenvalue weighted by atomic mass is 9.81. The molecular formula is C21H25ClN4O2. The number of rotatable bonds is 4. The van der Waals surface area contributed by atoms with Crippen LogP contribution in [0.3, 0.4) is 0 Å². The topological polar surface area (TPSA) is 69.6 Å². The molecule has 0 bridgehead atoms. The maximum atomic E-state index is 12.8. The summed E-state index contributed by atoms with van der Waals surface area (Å²) >= 11 is 6.15. The van der Waals surface area contributed by atoms with Crippen molar-refractivity contribution in [2.24, 2.45) is 0 Å². The van der Waals surface area contributed by atoms with Gasteiger partial charge in [-0.1, -0.05) is 23.7 Å². The first-order valence-electron chi connectivity index (χ1n) is 9.79. The van der Waals surface area contributed by atoms with Crippen LogP contribution in [0.4, 0.5) is 5.95 Å². The number of ketones is 1. The standard InChI is InChI=1S/C21H25ClN4O2/c1-14-20-18(12-16(13-19(20)28)15-3-2-4-17(22)11-15)24-21(23-14)26-7-5-25(6-8-26)9-10-27/h2-4,11,16,27H,5-10,12-13H2,1H3. The van der Waals surface area contributed by atoms with E-state index in [1.807, 2.05) is 31.2 Å². The van der Waals surface area contributed by atoms with Crippen molar-refractivity contribution < 1.29 is 9.90 Å². The number of piperazine rings is 1. The maximum Gasteiger partial charge on any atom is 0.225 e. The highest BCUT2D eigenvalue weighted by Crippen LogP contribution is 2.34. The number of hydrogen-bond acceptors (Lipinski definition) is 6. The first-order chi connectivity index (χ1) is 13.5. The summed E-state index contributed by atoms with van der Waals surface area (Å²) in [5.74, 6) is 0.921. The lowest BCUT2D eigenvalue weighted by Gasteiger charge is -2.35. The number of halogens is 1. The van der Waals surface area contributed by atoms with Crippen molar-refractivity contribution in [1.82, 2.24) is 14.9 Å². The zero-order valence-electron chi connectivity index (χ0n) is 16.1. The summed E-state index contributed by atoms with van der Waals surface area (Å²) in [7, 11) is 0. The quantitative estimate of drug-likeness (QED) is 0.850. The van der Waals surface area contributed by atoms with Crippen LogP contribution < -0.4 is 4.90 Å². The number of benzene rings is 1. The van der Waals surface area contributed by atoms with E-state index in [2.05, 4.69) is 14.8 Å². The van der Waals surface area contributed by atoms with Crippen molar-refractivity contribution in [3.05, 3.63) is 51.8 Å². The van der Waals surface area contributed by atoms with Crippen LogP contribution in [0.2, 0.25) is 5.02 Å². The van der Waals surface area contributed by atoms with Gasteiger partial charge in [-0.3, -0.25) is 9.69 Å². The zero-order chi connectivity index (χ0) is 19.7. The highest BCUT2D eigenvalue weighted by Gasteiger charge is 2.31. The number of nitrogens with zero attached hydrogens (tertiary/aromatic N) is 4. The Hall–Kier alpha value is -2.02. The van der Waals surface area contributed by atoms with Gasteiger partial charge in [-0.2, -0.15) is 0 Å². The molecule has 1 aliphatic carbocycles. The van der Waals surface area contributed by atoms with Gasteiger partial charge in [0, 0.05) is 44.2 Å². The van der Waals surface area contributed by atoms with Crippen molar-refractivity contribution in [2.45, 2.75) is 25.7 Å². The number of aryl methyl sites for hydroxylation is 1. The van der Waals surface area contributed by atoms with Crippen LogP contribution in [0.15, 0.2) is 24.3 Å². The minimum atomic E-state index is 0.0993. The number of anilines is 1. The fraction of sp³-hybridized carbons (Fsp3) is 0.476. The highest BCUT2D eigenvalue weighted by molar-refractivity contribution is 6.30. The molecule has 1 aliphatic heterocycles. The molecule has 2 aliphatic rings. The van der Waals surface area contributed by atoms with Crippen LogP contribution in [0.1, 0.15) is 39.6 Å². The van der Waals surface area contributed by atoms with E-state index in [4.69, 9.17) is 21.7 Å². The summed E-state index contributed by atoms with van der Waals surface area (Å²) < 4.78 is 0. The number of aromatic nitrogens is 2. The van der Waals surface area contributed by atoms with E-state index < -0.39 is 0 Å². The van der Waals surface area contributed by atoms with Crippen LogP contribution in [0, 0.1) is 6.92 Å². The smallest absolute Gasteiger partial charge is 0.225 e. The first-order valence-corrected chi connectivity index (χ1v) is 10.2. The van der Waals surface area contributed by atoms with Crippen molar-refractivity contribution in [2.75, 3.05) is 44.2 Å². The average Bonchev–Trinajstić information content (AvgIpc) is 2.68. The number of Topliss-reactive ketones (excluding diaryl/α,β-unsaturated/α-hetero) is 1. The van der Waals surface area contributed by atoms with Crippen molar-refractivity contribution in [3.63, 3.8) is 0 Å². The minimum Gasteiger partial charge on any atom is -0.395 e. The fourth-order valence-corrected chi connectivity index (χ4v) is 4.41. The van der Waals surface area contributed by atoms with Gasteiger partial charge in [0.05, 0.1) is 23.6 Å². The van der Waals surface area contributed by atoms with Gasteiger partial charge in [0.25, 0.3) is 0 Å². The van der Waals surface area contributed by atoms with Crippen molar-refractivity contribution >= 4 is 23.3 Å². The van der Waals surface area contributed by atoms with E-state index in [0.717, 1.165) is 49.6 Å². The summed E-state index contributed by atoms with van der Waals surface area (Å²) in [5.41, 5.74) is 3.40. The lowest BCUT2D eigenvalue weighted by Crippen LogP contribution is -2.48. The second-order valence-electron chi connectivity index (χ2n) is 7.57. The summed E-state index contributed by atoms with van der Waals surface area (Å²) in [5, 5.41) is 9.80. The van der Waals surface area contributed by atoms with E-state index in [1.165, 1.54) is 0 Å². The van der Waals surface area contributed by atoms with E-state index in [9.17, 15) is 4.79 Å². The molecule has 4 rings (SSSR count). The predicted molar refractivity (Wildman–Crippen MR) is 109 cm³/mol. The Morgan fingerprint density at radius 3 is 2.68 bits per heavy atom. The van der Waals surface area contributed by atoms with Gasteiger partial charge >= 0.3 is 0 Å². The molecule has 1 N–H and O–H groups in total. The molecule has 0 saturated carbocycles. The third kappa shape index (κ3) is 3.90. The minimum absolute atomic E-state index is 0.0993. The third-order valence-electron chi connectivity index (χ3n) is 5.69. The monoisotopic (exact) mass is 400 g/mol. The second-order valence-corrected chi connectivity index (χ2v) is 8.00. The molecule has 1 atom stereocenters. The average molecular weight is 401 g/mol. The molecule has 0 radical (unpaired) electrons. The van der Waals surface area contributed by atoms with Gasteiger partial charge in [0.15, 0.2) is 5.78 Å². The molecule has 7 heteroatoms. The molecule has 0 spiro atoms. The normalized spacial score (nSPS) is 20.3. The van der Waals surface area contributed by atoms with Crippen LogP contribution in [-0.2, 0) is 6.42 Å². The predicted octanol–water partition coefficient (Wildman–Crippen LogP) is 2.47. The van der Waals surface area contributed by atoms with E-state index in [-0.39, 0.29) is 18.3 Å². The molecule has 28 heavy (non-hydrogen) atoms. The maximum absolute atomic E-state index is 12.8. The molecule has 2 aromatic rings. The molecule has 1 aromatic carbocycles. The first kappa shape index (κ1) is 19.3. The van der Waals surface area contributed by atoms with Gasteiger partial charge in [0.2, 0.25) is 5.95 Å². The number of carbonyl (C=O) groups is 1. The van der Waals surface area contributed by atoms with Gasteiger partial charge in [-0.15, -0.1) is 0 Å². The molecule has 0 amide bonds. The van der Waals surface area contributed by atoms with E-state index >= 15 is 0 Å². The Kier molecular flexibility index (Phi) is 5.62. The van der Waals surface area contributed by atoms with Crippen LogP contribution in [0.25, 0.3) is 0 Å². The number of aliphatic hydroxyl groups is 1. The Balaban J connectivity index is 1.58. The van der Waals surface area contributed by atoms with Crippen LogP contribution in [-0.4, -0.2) is 65.1 Å². The van der Waals surface area contributed by atoms with Crippen LogP contribution >= 0.6 is 11.6 Å². The third-order valence-corrected chi connectivity index (χ3v) is 5.93. The van der Waals surface area contributed by atoms with Crippen LogP contribution in [0.5, 0.6) is 0 Å². The van der Waals surface area contributed by atoms with Gasteiger partial charge < -0.3 is 10.0 Å². The Labute approximate surface area is 170 Å². The SMILES string of the molecule is Cc1nc(N2CCN(CCO)CC2)nc2c1C(=O)CC(c1cccc(Cl)c1)C2. The summed E-state index contributed by atoms with van der Waals surface area (Å²) in [6, 6.07) is 7.76. The van der Waals surface area contributed by atoms with Crippen molar-refractivity contribution in [1.29, 1.82) is 0 Å². The Morgan fingerprint density at radius 1 is 1.18 bits per heavy atom. The Morgan fingerprint density at radius 2 is 1.96 bits per heavy atom. The number of β-amino-alcohol motifs (C(OH)–C–C–N with tert-alkyl or cyclic N) is 1. The molecule has 1 aromatic heterocycles. The van der Waals surface area contributed by atoms with Gasteiger partial charge in [0.1, 0.15) is 0 Å². The molecule has 148 valence electrons. The molecular weight excluding hydrogens is 376 g/mol. The molecule has 1 saturated heterocycles. The highest BCUT2D eigenvalue weighted by atomic mass is 35.5. The molecule has 6 nitrogen and oxygen atoms in total. The lowest BCUT2D eigenvalue weighted by molar-refractivity contribution is 0.0962. The van der Waals surface area contributed by atoms with E-state index in [0.29, 0.717) is 29.5 Å². The molecule has 1 unspecified atom stereocenters. The second kappa shape index (κ2) is 8.15. The summed E-state index contributed by atoms with van der Waals surface area (Å²) in [6.07, 6.45) is 1.19. The molecule has 2 heterocycles. The van der Waals surface area contributed by atoms with Gasteiger partial charge in [-0.05, 0) is 37.0 Å². The summed E-state index contributed by atoms with van der Waals surface area (Å²) in [4.78, 5) is 26.7. The number of aliphatic hydroxyl groups excluding tert-OH is 1.